The Morgan fingerprint density at radius 3 is 2.29 bits per heavy atom. The molecule has 0 aliphatic heterocycles. The maximum absolute atomic E-state index is 12.9. The molecule has 0 aliphatic rings. The topological polar surface area (TPSA) is 125 Å². The van der Waals surface area contributed by atoms with Crippen LogP contribution in [0, 0.1) is 36.5 Å². The smallest absolute Gasteiger partial charge is 0.348 e. The molecule has 212 valence electrons. The van der Waals surface area contributed by atoms with Crippen LogP contribution < -0.4 is 10.1 Å². The van der Waals surface area contributed by atoms with Gasteiger partial charge in [-0.25, -0.2) is 9.78 Å². The van der Waals surface area contributed by atoms with Crippen molar-refractivity contribution in [1.82, 2.24) is 4.98 Å². The Morgan fingerprint density at radius 1 is 1.00 bits per heavy atom. The normalized spacial score (nSPS) is 10.4. The standard InChI is InChI=1S/C32H28N4O4S2/c1-5-40-32(38)29-20(3)25(17-33)31(42-29)36-28(37)14-15-41-30-26(18-34)24(21-8-6-19(2)7-9-21)16-27(35-30)22-10-12-23(39-4)13-11-22/h6-13,16H,5,14-15H2,1-4H3,(H,36,37). The lowest BCUT2D eigenvalue weighted by atomic mass is 9.98. The summed E-state index contributed by atoms with van der Waals surface area (Å²) in [7, 11) is 1.61. The minimum atomic E-state index is -0.524. The third kappa shape index (κ3) is 6.80. The van der Waals surface area contributed by atoms with Crippen molar-refractivity contribution < 1.29 is 19.1 Å². The van der Waals surface area contributed by atoms with Gasteiger partial charge in [0, 0.05) is 23.3 Å². The fraction of sp³-hybridized carbons (Fsp3) is 0.219. The number of aromatic nitrogens is 1. The lowest BCUT2D eigenvalue weighted by Gasteiger charge is -2.13. The number of hydrogen-bond donors (Lipinski definition) is 1. The Bertz CT molecular complexity index is 1700. The van der Waals surface area contributed by atoms with Crippen LogP contribution in [0.4, 0.5) is 5.00 Å². The van der Waals surface area contributed by atoms with Gasteiger partial charge in [-0.2, -0.15) is 10.5 Å². The maximum atomic E-state index is 12.9. The quantitative estimate of drug-likeness (QED) is 0.151. The van der Waals surface area contributed by atoms with Crippen LogP contribution in [0.25, 0.3) is 22.4 Å². The van der Waals surface area contributed by atoms with E-state index < -0.39 is 5.97 Å². The summed E-state index contributed by atoms with van der Waals surface area (Å²) in [5.41, 5.74) is 5.47. The summed E-state index contributed by atoms with van der Waals surface area (Å²) in [6, 6.07) is 21.8. The number of carbonyl (C=O) groups is 2. The van der Waals surface area contributed by atoms with E-state index in [-0.39, 0.29) is 24.5 Å². The Balaban J connectivity index is 1.58. The number of thiophene rings is 1. The number of methoxy groups -OCH3 is 1. The van der Waals surface area contributed by atoms with Gasteiger partial charge in [0.2, 0.25) is 5.91 Å². The van der Waals surface area contributed by atoms with Crippen LogP contribution in [0.2, 0.25) is 0 Å². The molecule has 42 heavy (non-hydrogen) atoms. The van der Waals surface area contributed by atoms with Gasteiger partial charge in [0.05, 0.1) is 30.5 Å². The summed E-state index contributed by atoms with van der Waals surface area (Å²) in [6.07, 6.45) is 0.0976. The van der Waals surface area contributed by atoms with Gasteiger partial charge in [-0.05, 0) is 62.2 Å². The average Bonchev–Trinajstić information content (AvgIpc) is 3.31. The minimum absolute atomic E-state index is 0.0976. The van der Waals surface area contributed by atoms with Gasteiger partial charge >= 0.3 is 5.97 Å². The van der Waals surface area contributed by atoms with Crippen LogP contribution in [-0.2, 0) is 9.53 Å². The molecule has 0 unspecified atom stereocenters. The molecule has 0 radical (unpaired) electrons. The molecule has 0 aliphatic carbocycles. The van der Waals surface area contributed by atoms with Crippen LogP contribution >= 0.6 is 23.1 Å². The summed E-state index contributed by atoms with van der Waals surface area (Å²) in [6.45, 7) is 5.57. The van der Waals surface area contributed by atoms with Crippen molar-refractivity contribution >= 4 is 40.0 Å². The molecule has 2 aromatic carbocycles. The molecular weight excluding hydrogens is 569 g/mol. The van der Waals surface area contributed by atoms with Crippen molar-refractivity contribution in [3.63, 3.8) is 0 Å². The molecule has 0 fully saturated rings. The van der Waals surface area contributed by atoms with Gasteiger partial charge < -0.3 is 14.8 Å². The number of nitrogens with one attached hydrogen (secondary N) is 1. The third-order valence-corrected chi connectivity index (χ3v) is 8.55. The van der Waals surface area contributed by atoms with E-state index in [1.165, 1.54) is 11.8 Å². The zero-order chi connectivity index (χ0) is 30.2. The number of hydrogen-bond acceptors (Lipinski definition) is 9. The predicted molar refractivity (Wildman–Crippen MR) is 165 cm³/mol. The van der Waals surface area contributed by atoms with E-state index in [1.54, 1.807) is 21.0 Å². The van der Waals surface area contributed by atoms with Gasteiger partial charge in [-0.1, -0.05) is 29.8 Å². The fourth-order valence-electron chi connectivity index (χ4n) is 4.16. The molecule has 0 bridgehead atoms. The highest BCUT2D eigenvalue weighted by Gasteiger charge is 2.22. The zero-order valence-corrected chi connectivity index (χ0v) is 25.2. The molecule has 10 heteroatoms. The van der Waals surface area contributed by atoms with Crippen molar-refractivity contribution in [2.45, 2.75) is 32.2 Å². The number of nitriles is 2. The SMILES string of the molecule is CCOC(=O)c1sc(NC(=O)CCSc2nc(-c3ccc(OC)cc3)cc(-c3ccc(C)cc3)c2C#N)c(C#N)c1C. The third-order valence-electron chi connectivity index (χ3n) is 6.39. The molecule has 2 aromatic heterocycles. The first-order valence-electron chi connectivity index (χ1n) is 13.1. The molecule has 4 rings (SSSR count). The Kier molecular flexibility index (Phi) is 9.98. The van der Waals surface area contributed by atoms with Crippen molar-refractivity contribution in [2.24, 2.45) is 0 Å². The number of rotatable bonds is 10. The van der Waals surface area contributed by atoms with E-state index in [2.05, 4.69) is 17.5 Å². The number of nitrogens with zero attached hydrogens (tertiary/aromatic N) is 3. The number of pyridine rings is 1. The number of thioether (sulfide) groups is 1. The minimum Gasteiger partial charge on any atom is -0.497 e. The lowest BCUT2D eigenvalue weighted by molar-refractivity contribution is -0.115. The monoisotopic (exact) mass is 596 g/mol. The van der Waals surface area contributed by atoms with Crippen molar-refractivity contribution in [1.29, 1.82) is 10.5 Å². The number of ether oxygens (including phenoxy) is 2. The molecular formula is C32H28N4O4S2. The largest absolute Gasteiger partial charge is 0.497 e. The van der Waals surface area contributed by atoms with E-state index in [1.807, 2.05) is 61.5 Å². The van der Waals surface area contributed by atoms with Crippen LogP contribution in [0.5, 0.6) is 5.75 Å². The van der Waals surface area contributed by atoms with E-state index >= 15 is 0 Å². The number of benzene rings is 2. The number of aryl methyl sites for hydroxylation is 1. The van der Waals surface area contributed by atoms with Gasteiger partial charge in [-0.3, -0.25) is 4.79 Å². The van der Waals surface area contributed by atoms with Gasteiger partial charge in [0.15, 0.2) is 0 Å². The number of esters is 1. The van der Waals surface area contributed by atoms with Crippen molar-refractivity contribution in [3.05, 3.63) is 81.7 Å². The molecule has 0 atom stereocenters. The first-order chi connectivity index (χ1) is 20.3. The highest BCUT2D eigenvalue weighted by atomic mass is 32.2. The Labute approximate surface area is 252 Å². The number of carbonyl (C=O) groups excluding carboxylic acids is 2. The van der Waals surface area contributed by atoms with E-state index in [0.29, 0.717) is 37.5 Å². The number of amides is 1. The molecule has 0 saturated carbocycles. The second-order valence-electron chi connectivity index (χ2n) is 9.18. The molecule has 2 heterocycles. The fourth-order valence-corrected chi connectivity index (χ4v) is 6.17. The molecule has 0 saturated heterocycles. The van der Waals surface area contributed by atoms with Crippen molar-refractivity contribution in [3.8, 4) is 40.3 Å². The van der Waals surface area contributed by atoms with Gasteiger partial charge in [0.1, 0.15) is 32.8 Å². The maximum Gasteiger partial charge on any atom is 0.348 e. The highest BCUT2D eigenvalue weighted by Crippen LogP contribution is 2.36. The van der Waals surface area contributed by atoms with E-state index in [9.17, 15) is 20.1 Å². The molecule has 8 nitrogen and oxygen atoms in total. The van der Waals surface area contributed by atoms with Crippen LogP contribution in [-0.4, -0.2) is 36.3 Å². The van der Waals surface area contributed by atoms with Crippen LogP contribution in [0.1, 0.15) is 45.3 Å². The average molecular weight is 597 g/mol. The van der Waals surface area contributed by atoms with E-state index in [0.717, 1.165) is 39.3 Å². The summed E-state index contributed by atoms with van der Waals surface area (Å²) in [5.74, 6) is 0.217. The molecule has 1 N–H and O–H groups in total. The van der Waals surface area contributed by atoms with Crippen LogP contribution in [0.3, 0.4) is 0 Å². The summed E-state index contributed by atoms with van der Waals surface area (Å²) < 4.78 is 10.4. The van der Waals surface area contributed by atoms with Gasteiger partial charge in [-0.15, -0.1) is 23.1 Å². The van der Waals surface area contributed by atoms with E-state index in [4.69, 9.17) is 14.5 Å². The summed E-state index contributed by atoms with van der Waals surface area (Å²) in [4.78, 5) is 30.2. The molecule has 0 spiro atoms. The predicted octanol–water partition coefficient (Wildman–Crippen LogP) is 7.14. The Hall–Kier alpha value is -4.64. The first-order valence-corrected chi connectivity index (χ1v) is 14.9. The first kappa shape index (κ1) is 30.3. The lowest BCUT2D eigenvalue weighted by Crippen LogP contribution is -2.12. The van der Waals surface area contributed by atoms with Crippen molar-refractivity contribution in [2.75, 3.05) is 24.8 Å². The second-order valence-corrected chi connectivity index (χ2v) is 11.3. The molecule has 1 amide bonds. The summed E-state index contributed by atoms with van der Waals surface area (Å²) >= 11 is 2.34. The summed E-state index contributed by atoms with van der Waals surface area (Å²) in [5, 5.41) is 23.4. The molecule has 4 aromatic rings. The second kappa shape index (κ2) is 13.8. The van der Waals surface area contributed by atoms with Gasteiger partial charge in [0.25, 0.3) is 0 Å². The zero-order valence-electron chi connectivity index (χ0n) is 23.6. The Morgan fingerprint density at radius 2 is 1.67 bits per heavy atom. The number of anilines is 1. The van der Waals surface area contributed by atoms with Crippen LogP contribution in [0.15, 0.2) is 59.6 Å². The highest BCUT2D eigenvalue weighted by molar-refractivity contribution is 7.99.